The number of alkyl halides is 3. The summed E-state index contributed by atoms with van der Waals surface area (Å²) in [6.07, 6.45) is 3.76. The second kappa shape index (κ2) is 15.8. The van der Waals surface area contributed by atoms with Crippen LogP contribution in [0.15, 0.2) is 54.9 Å². The van der Waals surface area contributed by atoms with Gasteiger partial charge in [-0.25, -0.2) is 23.7 Å². The number of halogens is 4. The van der Waals surface area contributed by atoms with E-state index in [0.29, 0.717) is 57.2 Å². The molecule has 0 saturated heterocycles. The van der Waals surface area contributed by atoms with Crippen LogP contribution in [0.25, 0.3) is 33.4 Å². The summed E-state index contributed by atoms with van der Waals surface area (Å²) in [5.74, 6) is -0.0690. The lowest BCUT2D eigenvalue weighted by Gasteiger charge is -2.33. The Hall–Kier alpha value is -4.52. The van der Waals surface area contributed by atoms with Gasteiger partial charge in [0.2, 0.25) is 5.88 Å². The molecule has 1 aliphatic carbocycles. The standard InChI is InChI=1S/C37H37Cl2F2N7O3/c1-20-24(7-6-10-27(20)44-34-32-28(15-21(16-38)17-43-32)45-35(47-34)33(40)41)25-8-5-9-26(31(25)39)29-18-42-30(36(46-29)50-3)19-48(2)23-13-11-22(12-14-23)37(49)51-4/h5-10,15,17-18,22-23,33H,11-14,16,19H2,1-4H3,(H,44,45,47). The predicted molar refractivity (Wildman–Crippen MR) is 194 cm³/mol. The zero-order valence-electron chi connectivity index (χ0n) is 28.6. The average molecular weight is 737 g/mol. The Bertz CT molecular complexity index is 2060. The third kappa shape index (κ3) is 7.73. The Labute approximate surface area is 304 Å². The molecule has 0 aliphatic heterocycles. The molecule has 6 rings (SSSR count). The van der Waals surface area contributed by atoms with E-state index in [0.717, 1.165) is 42.4 Å². The minimum atomic E-state index is -2.88. The molecular formula is C37H37Cl2F2N7O3. The van der Waals surface area contributed by atoms with Crippen molar-refractivity contribution in [3.8, 4) is 28.3 Å². The molecule has 3 aromatic heterocycles. The lowest BCUT2D eigenvalue weighted by atomic mass is 9.85. The molecule has 3 heterocycles. The summed E-state index contributed by atoms with van der Waals surface area (Å²) in [5, 5.41) is 3.67. The summed E-state index contributed by atoms with van der Waals surface area (Å²) in [4.78, 5) is 36.3. The number of esters is 1. The smallest absolute Gasteiger partial charge is 0.308 e. The van der Waals surface area contributed by atoms with Crippen molar-refractivity contribution in [1.82, 2.24) is 29.8 Å². The Balaban J connectivity index is 1.26. The maximum Gasteiger partial charge on any atom is 0.308 e. The number of carbonyl (C=O) groups is 1. The Morgan fingerprint density at radius 3 is 2.43 bits per heavy atom. The number of benzene rings is 2. The van der Waals surface area contributed by atoms with E-state index >= 15 is 0 Å². The van der Waals surface area contributed by atoms with Crippen molar-refractivity contribution < 1.29 is 23.0 Å². The molecular weight excluding hydrogens is 699 g/mol. The SMILES string of the molecule is COC(=O)C1CCC(N(C)Cc2ncc(-c3cccc(-c4cccc(Nc5nc(C(F)F)nc6cc(CCl)cnc56)c4C)c3Cl)nc2OC)CC1. The summed E-state index contributed by atoms with van der Waals surface area (Å²) in [6, 6.07) is 13.2. The van der Waals surface area contributed by atoms with Gasteiger partial charge in [0.25, 0.3) is 6.43 Å². The number of hydrogen-bond acceptors (Lipinski definition) is 10. The quantitative estimate of drug-likeness (QED) is 0.104. The Morgan fingerprint density at radius 2 is 1.73 bits per heavy atom. The van der Waals surface area contributed by atoms with E-state index in [4.69, 9.17) is 42.6 Å². The Morgan fingerprint density at radius 1 is 1.00 bits per heavy atom. The summed E-state index contributed by atoms with van der Waals surface area (Å²) in [5.41, 5.74) is 6.17. The third-order valence-electron chi connectivity index (χ3n) is 9.37. The van der Waals surface area contributed by atoms with E-state index in [9.17, 15) is 13.6 Å². The number of ether oxygens (including phenoxy) is 2. The second-order valence-corrected chi connectivity index (χ2v) is 13.1. The van der Waals surface area contributed by atoms with Crippen LogP contribution >= 0.6 is 23.2 Å². The van der Waals surface area contributed by atoms with Gasteiger partial charge >= 0.3 is 5.97 Å². The molecule has 0 bridgehead atoms. The van der Waals surface area contributed by atoms with Crippen LogP contribution in [-0.2, 0) is 22.0 Å². The normalized spacial score (nSPS) is 16.1. The Kier molecular flexibility index (Phi) is 11.2. The number of fused-ring (bicyclic) bond motifs is 1. The first-order valence-corrected chi connectivity index (χ1v) is 17.4. The van der Waals surface area contributed by atoms with E-state index in [2.05, 4.69) is 25.2 Å². The molecule has 51 heavy (non-hydrogen) atoms. The number of pyridine rings is 1. The van der Waals surface area contributed by atoms with Gasteiger partial charge in [-0.05, 0) is 68.5 Å². The number of nitrogens with one attached hydrogen (secondary N) is 1. The minimum absolute atomic E-state index is 0.0429. The molecule has 1 fully saturated rings. The van der Waals surface area contributed by atoms with Crippen LogP contribution < -0.4 is 10.1 Å². The van der Waals surface area contributed by atoms with E-state index in [1.165, 1.54) is 7.11 Å². The molecule has 0 amide bonds. The van der Waals surface area contributed by atoms with Crippen LogP contribution in [0.1, 0.15) is 54.8 Å². The second-order valence-electron chi connectivity index (χ2n) is 12.5. The van der Waals surface area contributed by atoms with Crippen molar-refractivity contribution in [1.29, 1.82) is 0 Å². The molecule has 0 spiro atoms. The van der Waals surface area contributed by atoms with Crippen molar-refractivity contribution in [2.75, 3.05) is 26.6 Å². The molecule has 266 valence electrons. The molecule has 2 aromatic carbocycles. The number of aromatic nitrogens is 5. The van der Waals surface area contributed by atoms with Gasteiger partial charge in [0.05, 0.1) is 42.6 Å². The van der Waals surface area contributed by atoms with E-state index < -0.39 is 12.2 Å². The number of carbonyl (C=O) groups excluding carboxylic acids is 1. The van der Waals surface area contributed by atoms with Crippen LogP contribution in [-0.4, -0.2) is 63.1 Å². The molecule has 0 atom stereocenters. The topological polar surface area (TPSA) is 115 Å². The highest BCUT2D eigenvalue weighted by Crippen LogP contribution is 2.40. The number of nitrogens with zero attached hydrogens (tertiary/aromatic N) is 6. The summed E-state index contributed by atoms with van der Waals surface area (Å²) in [7, 11) is 5.05. The van der Waals surface area contributed by atoms with Crippen molar-refractivity contribution in [3.05, 3.63) is 82.5 Å². The van der Waals surface area contributed by atoms with Crippen LogP contribution in [0.3, 0.4) is 0 Å². The van der Waals surface area contributed by atoms with Gasteiger partial charge in [0, 0.05) is 41.5 Å². The van der Waals surface area contributed by atoms with Crippen molar-refractivity contribution >= 4 is 51.7 Å². The number of hydrogen-bond donors (Lipinski definition) is 1. The van der Waals surface area contributed by atoms with Crippen LogP contribution in [0.4, 0.5) is 20.3 Å². The number of rotatable bonds is 11. The fourth-order valence-electron chi connectivity index (χ4n) is 6.55. The maximum absolute atomic E-state index is 13.8. The van der Waals surface area contributed by atoms with Crippen LogP contribution in [0.5, 0.6) is 5.88 Å². The zero-order chi connectivity index (χ0) is 36.2. The van der Waals surface area contributed by atoms with Crippen molar-refractivity contribution in [3.63, 3.8) is 0 Å². The summed E-state index contributed by atoms with van der Waals surface area (Å²) >= 11 is 13.1. The fraction of sp³-hybridized carbons (Fsp3) is 0.351. The highest BCUT2D eigenvalue weighted by atomic mass is 35.5. The van der Waals surface area contributed by atoms with Crippen LogP contribution in [0.2, 0.25) is 5.02 Å². The fourth-order valence-corrected chi connectivity index (χ4v) is 7.02. The predicted octanol–water partition coefficient (Wildman–Crippen LogP) is 8.70. The zero-order valence-corrected chi connectivity index (χ0v) is 30.1. The molecule has 0 radical (unpaired) electrons. The lowest BCUT2D eigenvalue weighted by molar-refractivity contribution is -0.146. The third-order valence-corrected chi connectivity index (χ3v) is 10.1. The van der Waals surface area contributed by atoms with Gasteiger partial charge in [-0.3, -0.25) is 19.7 Å². The average Bonchev–Trinajstić information content (AvgIpc) is 3.15. The lowest BCUT2D eigenvalue weighted by Crippen LogP contribution is -2.36. The van der Waals surface area contributed by atoms with Crippen molar-refractivity contribution in [2.24, 2.45) is 5.92 Å². The molecule has 1 N–H and O–H groups in total. The first-order chi connectivity index (χ1) is 24.6. The summed E-state index contributed by atoms with van der Waals surface area (Å²) in [6.45, 7) is 2.44. The van der Waals surface area contributed by atoms with E-state index in [1.54, 1.807) is 25.6 Å². The van der Waals surface area contributed by atoms with E-state index in [-0.39, 0.29) is 29.1 Å². The molecule has 0 unspecified atom stereocenters. The number of methoxy groups -OCH3 is 2. The van der Waals surface area contributed by atoms with Gasteiger partial charge in [-0.15, -0.1) is 11.6 Å². The van der Waals surface area contributed by atoms with Crippen molar-refractivity contribution in [2.45, 2.75) is 57.5 Å². The van der Waals surface area contributed by atoms with Gasteiger partial charge in [0.1, 0.15) is 11.2 Å². The monoisotopic (exact) mass is 735 g/mol. The minimum Gasteiger partial charge on any atom is -0.480 e. The first-order valence-electron chi connectivity index (χ1n) is 16.5. The maximum atomic E-state index is 13.8. The molecule has 1 saturated carbocycles. The molecule has 5 aromatic rings. The molecule has 1 aliphatic rings. The summed E-state index contributed by atoms with van der Waals surface area (Å²) < 4.78 is 38.2. The molecule has 14 heteroatoms. The van der Waals surface area contributed by atoms with Crippen LogP contribution in [0, 0.1) is 12.8 Å². The first kappa shape index (κ1) is 36.3. The van der Waals surface area contributed by atoms with Gasteiger partial charge < -0.3 is 14.8 Å². The number of anilines is 2. The van der Waals surface area contributed by atoms with Gasteiger partial charge in [0.15, 0.2) is 11.6 Å². The van der Waals surface area contributed by atoms with Gasteiger partial charge in [-0.1, -0.05) is 41.9 Å². The molecule has 10 nitrogen and oxygen atoms in total. The largest absolute Gasteiger partial charge is 0.480 e. The highest BCUT2D eigenvalue weighted by Gasteiger charge is 2.29. The van der Waals surface area contributed by atoms with Gasteiger partial charge in [-0.2, -0.15) is 0 Å². The van der Waals surface area contributed by atoms with E-state index in [1.807, 2.05) is 50.4 Å². The highest BCUT2D eigenvalue weighted by molar-refractivity contribution is 6.36.